The largest absolute Gasteiger partial charge is 0.454 e. The van der Waals surface area contributed by atoms with Crippen molar-refractivity contribution in [2.75, 3.05) is 37.9 Å². The number of nitrogens with zero attached hydrogens (tertiary/aromatic N) is 4. The van der Waals surface area contributed by atoms with Gasteiger partial charge in [0.25, 0.3) is 0 Å². The summed E-state index contributed by atoms with van der Waals surface area (Å²) in [5.74, 6) is 3.12. The lowest BCUT2D eigenvalue weighted by molar-refractivity contribution is 0.174. The van der Waals surface area contributed by atoms with Crippen LogP contribution in [-0.2, 0) is 0 Å². The minimum atomic E-state index is 0.236. The number of piperazine rings is 1. The highest BCUT2D eigenvalue weighted by atomic mass is 32.1. The Morgan fingerprint density at radius 3 is 2.70 bits per heavy atom. The van der Waals surface area contributed by atoms with E-state index >= 15 is 0 Å². The van der Waals surface area contributed by atoms with Gasteiger partial charge in [-0.15, -0.1) is 0 Å². The molecular weight excluding hydrogens is 364 g/mol. The first-order valence-electron chi connectivity index (χ1n) is 8.79. The van der Waals surface area contributed by atoms with Crippen molar-refractivity contribution in [3.8, 4) is 28.6 Å². The Morgan fingerprint density at radius 2 is 1.89 bits per heavy atom. The van der Waals surface area contributed by atoms with E-state index in [1.807, 2.05) is 41.1 Å². The number of rotatable bonds is 3. The van der Waals surface area contributed by atoms with Gasteiger partial charge in [-0.1, -0.05) is 0 Å². The summed E-state index contributed by atoms with van der Waals surface area (Å²) < 4.78 is 13.3. The SMILES string of the molecule is S=c1[nH]nc(-c2ccc(N3CCNCC3)nc2)n1-c1ccc2c(c1)OCO2. The predicted molar refractivity (Wildman–Crippen MR) is 103 cm³/mol. The Labute approximate surface area is 160 Å². The van der Waals surface area contributed by atoms with E-state index in [2.05, 4.69) is 25.4 Å². The molecule has 8 nitrogen and oxygen atoms in total. The zero-order chi connectivity index (χ0) is 18.2. The van der Waals surface area contributed by atoms with Crippen molar-refractivity contribution in [2.45, 2.75) is 0 Å². The number of hydrogen-bond acceptors (Lipinski definition) is 7. The van der Waals surface area contributed by atoms with E-state index in [1.165, 1.54) is 0 Å². The number of nitrogens with one attached hydrogen (secondary N) is 2. The van der Waals surface area contributed by atoms with Gasteiger partial charge in [-0.05, 0) is 36.5 Å². The molecule has 5 rings (SSSR count). The van der Waals surface area contributed by atoms with Gasteiger partial charge in [-0.3, -0.25) is 9.67 Å². The Hall–Kier alpha value is -2.91. The molecule has 0 bridgehead atoms. The van der Waals surface area contributed by atoms with Gasteiger partial charge in [0, 0.05) is 44.0 Å². The van der Waals surface area contributed by atoms with E-state index in [0.717, 1.165) is 49.0 Å². The second-order valence-corrected chi connectivity index (χ2v) is 6.75. The molecule has 3 aromatic rings. The van der Waals surface area contributed by atoms with Crippen LogP contribution in [0.1, 0.15) is 0 Å². The maximum atomic E-state index is 5.48. The summed E-state index contributed by atoms with van der Waals surface area (Å²) in [5.41, 5.74) is 1.75. The van der Waals surface area contributed by atoms with Crippen LogP contribution < -0.4 is 19.7 Å². The fourth-order valence-corrected chi connectivity index (χ4v) is 3.59. The van der Waals surface area contributed by atoms with Crippen molar-refractivity contribution in [3.05, 3.63) is 41.3 Å². The van der Waals surface area contributed by atoms with Crippen LogP contribution in [0.5, 0.6) is 11.5 Å². The molecule has 0 amide bonds. The first kappa shape index (κ1) is 16.3. The van der Waals surface area contributed by atoms with Crippen LogP contribution in [0.15, 0.2) is 36.5 Å². The highest BCUT2D eigenvalue weighted by Crippen LogP contribution is 2.34. The smallest absolute Gasteiger partial charge is 0.231 e. The topological polar surface area (TPSA) is 80.2 Å². The number of ether oxygens (including phenoxy) is 2. The van der Waals surface area contributed by atoms with Crippen LogP contribution in [0.4, 0.5) is 5.82 Å². The summed E-state index contributed by atoms with van der Waals surface area (Å²) in [5, 5.41) is 10.6. The van der Waals surface area contributed by atoms with E-state index in [4.69, 9.17) is 21.7 Å². The number of hydrogen-bond donors (Lipinski definition) is 2. The third kappa shape index (κ3) is 2.94. The number of fused-ring (bicyclic) bond motifs is 1. The fourth-order valence-electron chi connectivity index (χ4n) is 3.35. The summed E-state index contributed by atoms with van der Waals surface area (Å²) in [4.78, 5) is 6.91. The van der Waals surface area contributed by atoms with Crippen LogP contribution in [-0.4, -0.2) is 52.7 Å². The normalized spacial score (nSPS) is 15.9. The van der Waals surface area contributed by atoms with Gasteiger partial charge in [0.1, 0.15) is 5.82 Å². The van der Waals surface area contributed by atoms with E-state index < -0.39 is 0 Å². The fraction of sp³-hybridized carbons (Fsp3) is 0.278. The quantitative estimate of drug-likeness (QED) is 0.672. The van der Waals surface area contributed by atoms with E-state index in [1.54, 1.807) is 0 Å². The van der Waals surface area contributed by atoms with Crippen LogP contribution in [0.3, 0.4) is 0 Å². The molecule has 1 aromatic carbocycles. The number of anilines is 1. The summed E-state index contributed by atoms with van der Waals surface area (Å²) in [7, 11) is 0. The van der Waals surface area contributed by atoms with Gasteiger partial charge in [0.15, 0.2) is 22.1 Å². The average molecular weight is 382 g/mol. The third-order valence-corrected chi connectivity index (χ3v) is 5.01. The summed E-state index contributed by atoms with van der Waals surface area (Å²) in [6.45, 7) is 4.11. The molecule has 2 aliphatic heterocycles. The number of aromatic amines is 1. The minimum Gasteiger partial charge on any atom is -0.454 e. The Balaban J connectivity index is 1.50. The third-order valence-electron chi connectivity index (χ3n) is 4.73. The van der Waals surface area contributed by atoms with Gasteiger partial charge in [0.2, 0.25) is 6.79 Å². The van der Waals surface area contributed by atoms with E-state index in [0.29, 0.717) is 16.3 Å². The lowest BCUT2D eigenvalue weighted by Crippen LogP contribution is -2.43. The maximum Gasteiger partial charge on any atom is 0.231 e. The van der Waals surface area contributed by atoms with Crippen molar-refractivity contribution in [2.24, 2.45) is 0 Å². The van der Waals surface area contributed by atoms with Gasteiger partial charge in [0.05, 0.1) is 5.69 Å². The Morgan fingerprint density at radius 1 is 1.04 bits per heavy atom. The zero-order valence-corrected chi connectivity index (χ0v) is 15.3. The molecule has 0 unspecified atom stereocenters. The Bertz CT molecular complexity index is 1020. The van der Waals surface area contributed by atoms with Crippen molar-refractivity contribution < 1.29 is 9.47 Å². The summed E-state index contributed by atoms with van der Waals surface area (Å²) in [6.07, 6.45) is 1.84. The molecule has 0 spiro atoms. The molecule has 0 saturated carbocycles. The second-order valence-electron chi connectivity index (χ2n) is 6.37. The molecule has 2 N–H and O–H groups in total. The van der Waals surface area contributed by atoms with Crippen molar-refractivity contribution in [1.29, 1.82) is 0 Å². The lowest BCUT2D eigenvalue weighted by atomic mass is 10.2. The molecule has 1 saturated heterocycles. The van der Waals surface area contributed by atoms with Crippen LogP contribution in [0, 0.1) is 4.77 Å². The van der Waals surface area contributed by atoms with Crippen molar-refractivity contribution in [1.82, 2.24) is 25.1 Å². The summed E-state index contributed by atoms with van der Waals surface area (Å²) in [6, 6.07) is 9.77. The molecule has 27 heavy (non-hydrogen) atoms. The van der Waals surface area contributed by atoms with Gasteiger partial charge in [-0.25, -0.2) is 4.98 Å². The molecule has 2 aromatic heterocycles. The zero-order valence-electron chi connectivity index (χ0n) is 14.5. The number of aromatic nitrogens is 4. The van der Waals surface area contributed by atoms with Crippen molar-refractivity contribution in [3.63, 3.8) is 0 Å². The van der Waals surface area contributed by atoms with E-state index in [-0.39, 0.29) is 6.79 Å². The predicted octanol–water partition coefficient (Wildman–Crippen LogP) is 2.13. The van der Waals surface area contributed by atoms with Crippen LogP contribution in [0.25, 0.3) is 17.1 Å². The maximum absolute atomic E-state index is 5.48. The molecule has 4 heterocycles. The van der Waals surface area contributed by atoms with Crippen LogP contribution >= 0.6 is 12.2 Å². The molecule has 9 heteroatoms. The number of H-pyrrole nitrogens is 1. The standard InChI is InChI=1S/C18H18N6O2S/c27-18-22-21-17(24(18)13-2-3-14-15(9-13)26-11-25-14)12-1-4-16(20-10-12)23-7-5-19-6-8-23/h1-4,9-10,19H,5-8,11H2,(H,22,27). The molecule has 0 atom stereocenters. The molecule has 1 fully saturated rings. The van der Waals surface area contributed by atoms with Gasteiger partial charge in [-0.2, -0.15) is 5.10 Å². The second kappa shape index (κ2) is 6.67. The lowest BCUT2D eigenvalue weighted by Gasteiger charge is -2.28. The molecule has 138 valence electrons. The molecule has 0 aliphatic carbocycles. The minimum absolute atomic E-state index is 0.236. The van der Waals surface area contributed by atoms with Gasteiger partial charge < -0.3 is 19.7 Å². The number of benzene rings is 1. The van der Waals surface area contributed by atoms with Crippen molar-refractivity contribution >= 4 is 18.0 Å². The molecule has 0 radical (unpaired) electrons. The van der Waals surface area contributed by atoms with Crippen LogP contribution in [0.2, 0.25) is 0 Å². The molecule has 2 aliphatic rings. The molecular formula is C18H18N6O2S. The first-order valence-corrected chi connectivity index (χ1v) is 9.20. The highest BCUT2D eigenvalue weighted by Gasteiger charge is 2.18. The van der Waals surface area contributed by atoms with E-state index in [9.17, 15) is 0 Å². The monoisotopic (exact) mass is 382 g/mol. The number of pyridine rings is 1. The first-order chi connectivity index (χ1) is 13.3. The van der Waals surface area contributed by atoms with Gasteiger partial charge >= 0.3 is 0 Å². The average Bonchev–Trinajstić information content (AvgIpc) is 3.34. The summed E-state index contributed by atoms with van der Waals surface area (Å²) >= 11 is 5.45. The highest BCUT2D eigenvalue weighted by molar-refractivity contribution is 7.71. The Kier molecular flexibility index (Phi) is 4.02.